The molecule has 0 radical (unpaired) electrons. The van der Waals surface area contributed by atoms with Gasteiger partial charge in [-0.2, -0.15) is 13.2 Å². The Balaban J connectivity index is 2.78. The van der Waals surface area contributed by atoms with Gasteiger partial charge in [0.2, 0.25) is 5.91 Å². The maximum Gasteiger partial charge on any atom is 0.454 e. The molecule has 3 nitrogen and oxygen atoms in total. The van der Waals surface area contributed by atoms with E-state index in [0.717, 1.165) is 12.1 Å². The first-order valence-corrected chi connectivity index (χ1v) is 4.97. The Morgan fingerprint density at radius 1 is 1.17 bits per heavy atom. The third kappa shape index (κ3) is 4.04. The van der Waals surface area contributed by atoms with Crippen LogP contribution in [0.2, 0.25) is 0 Å². The van der Waals surface area contributed by atoms with E-state index in [1.807, 2.05) is 0 Å². The van der Waals surface area contributed by atoms with Gasteiger partial charge >= 0.3 is 6.18 Å². The van der Waals surface area contributed by atoms with Crippen molar-refractivity contribution in [3.63, 3.8) is 0 Å². The van der Waals surface area contributed by atoms with E-state index in [-0.39, 0.29) is 6.42 Å². The Labute approximate surface area is 101 Å². The molecule has 0 aliphatic carbocycles. The lowest BCUT2D eigenvalue weighted by atomic mass is 10.1. The van der Waals surface area contributed by atoms with Gasteiger partial charge in [0.15, 0.2) is 0 Å². The fourth-order valence-electron chi connectivity index (χ4n) is 1.22. The summed E-state index contributed by atoms with van der Waals surface area (Å²) in [5.41, 5.74) is 5.07. The Hall–Kier alpha value is -2.11. The van der Waals surface area contributed by atoms with Gasteiger partial charge in [-0.15, -0.1) is 0 Å². The number of Topliss-reactive ketones (excluding diaryl/α,β-unsaturated/α-hetero) is 1. The average molecular weight is 257 g/mol. The summed E-state index contributed by atoms with van der Waals surface area (Å²) < 4.78 is 36.3. The molecule has 1 rings (SSSR count). The van der Waals surface area contributed by atoms with Gasteiger partial charge in [-0.05, 0) is 5.56 Å². The second kappa shape index (κ2) is 5.48. The number of alkyl halides is 3. The molecule has 0 heterocycles. The number of primary amides is 1. The highest BCUT2D eigenvalue weighted by Crippen LogP contribution is 2.21. The molecule has 0 unspecified atom stereocenters. The van der Waals surface area contributed by atoms with Crippen LogP contribution in [0.4, 0.5) is 13.2 Å². The summed E-state index contributed by atoms with van der Waals surface area (Å²) in [6.45, 7) is 0. The largest absolute Gasteiger partial charge is 0.454 e. The number of nitrogens with two attached hydrogens (primary N) is 1. The van der Waals surface area contributed by atoms with Crippen molar-refractivity contribution in [2.75, 3.05) is 0 Å². The second-order valence-corrected chi connectivity index (χ2v) is 3.52. The highest BCUT2D eigenvalue weighted by molar-refractivity contribution is 6.00. The van der Waals surface area contributed by atoms with Crippen molar-refractivity contribution < 1.29 is 22.8 Å². The van der Waals surface area contributed by atoms with Gasteiger partial charge in [-0.3, -0.25) is 9.59 Å². The van der Waals surface area contributed by atoms with Crippen LogP contribution in [0.25, 0.3) is 6.08 Å². The van der Waals surface area contributed by atoms with Gasteiger partial charge in [0.1, 0.15) is 0 Å². The molecule has 1 aromatic rings. The fraction of sp³-hybridized carbons (Fsp3) is 0.167. The maximum absolute atomic E-state index is 12.1. The molecule has 96 valence electrons. The lowest BCUT2D eigenvalue weighted by molar-refractivity contribution is -0.117. The highest BCUT2D eigenvalue weighted by Gasteiger charge is 2.38. The van der Waals surface area contributed by atoms with Crippen LogP contribution in [0.3, 0.4) is 0 Å². The summed E-state index contributed by atoms with van der Waals surface area (Å²) in [5.74, 6) is -2.38. The standard InChI is InChI=1S/C12H10F3NO2/c13-12(14,15)11(18)9-6-4-8(5-7-9)2-1-3-10(16)17/h1-2,4-7H,3H2,(H2,16,17). The second-order valence-electron chi connectivity index (χ2n) is 3.52. The van der Waals surface area contributed by atoms with E-state index < -0.39 is 23.4 Å². The summed E-state index contributed by atoms with van der Waals surface area (Å²) >= 11 is 0. The molecule has 1 amide bonds. The van der Waals surface area contributed by atoms with Crippen molar-refractivity contribution >= 4 is 17.8 Å². The first-order chi connectivity index (χ1) is 8.30. The molecular formula is C12H10F3NO2. The van der Waals surface area contributed by atoms with Gasteiger partial charge < -0.3 is 5.73 Å². The normalized spacial score (nSPS) is 11.7. The van der Waals surface area contributed by atoms with Crippen LogP contribution in [0.15, 0.2) is 30.3 Å². The third-order valence-electron chi connectivity index (χ3n) is 2.06. The summed E-state index contributed by atoms with van der Waals surface area (Å²) in [7, 11) is 0. The van der Waals surface area contributed by atoms with Gasteiger partial charge in [0.25, 0.3) is 5.78 Å². The zero-order chi connectivity index (χ0) is 13.8. The number of carbonyl (C=O) groups is 2. The van der Waals surface area contributed by atoms with Gasteiger partial charge in [0.05, 0.1) is 0 Å². The minimum Gasteiger partial charge on any atom is -0.369 e. The molecule has 0 fully saturated rings. The molecule has 0 aromatic heterocycles. The number of carbonyl (C=O) groups excluding carboxylic acids is 2. The number of amides is 1. The van der Waals surface area contributed by atoms with Gasteiger partial charge in [0, 0.05) is 12.0 Å². The van der Waals surface area contributed by atoms with Crippen LogP contribution in [-0.4, -0.2) is 17.9 Å². The number of ketones is 1. The average Bonchev–Trinajstić information content (AvgIpc) is 2.27. The van der Waals surface area contributed by atoms with Crippen LogP contribution in [0, 0.1) is 0 Å². The first kappa shape index (κ1) is 14.0. The minimum absolute atomic E-state index is 0.0449. The zero-order valence-corrected chi connectivity index (χ0v) is 9.20. The monoisotopic (exact) mass is 257 g/mol. The predicted octanol–water partition coefficient (Wildman–Crippen LogP) is 2.32. The Kier molecular flexibility index (Phi) is 4.25. The Morgan fingerprint density at radius 3 is 2.17 bits per heavy atom. The first-order valence-electron chi connectivity index (χ1n) is 4.97. The molecule has 0 saturated heterocycles. The van der Waals surface area contributed by atoms with E-state index in [1.54, 1.807) is 0 Å². The smallest absolute Gasteiger partial charge is 0.369 e. The summed E-state index contributed by atoms with van der Waals surface area (Å²) in [5, 5.41) is 0. The third-order valence-corrected chi connectivity index (χ3v) is 2.06. The molecule has 0 atom stereocenters. The van der Waals surface area contributed by atoms with Gasteiger partial charge in [-0.25, -0.2) is 0 Å². The summed E-state index contributed by atoms with van der Waals surface area (Å²) in [4.78, 5) is 21.3. The SMILES string of the molecule is NC(=O)CC=Cc1ccc(C(=O)C(F)(F)F)cc1. The highest BCUT2D eigenvalue weighted by atomic mass is 19.4. The number of halogens is 3. The molecule has 0 aliphatic rings. The predicted molar refractivity (Wildman–Crippen MR) is 59.7 cm³/mol. The van der Waals surface area contributed by atoms with Crippen LogP contribution in [-0.2, 0) is 4.79 Å². The quantitative estimate of drug-likeness (QED) is 0.841. The van der Waals surface area contributed by atoms with E-state index in [4.69, 9.17) is 5.73 Å². The van der Waals surface area contributed by atoms with E-state index in [9.17, 15) is 22.8 Å². The lowest BCUT2D eigenvalue weighted by Gasteiger charge is -2.04. The fourth-order valence-corrected chi connectivity index (χ4v) is 1.22. The van der Waals surface area contributed by atoms with E-state index >= 15 is 0 Å². The van der Waals surface area contributed by atoms with Crippen LogP contribution >= 0.6 is 0 Å². The molecule has 6 heteroatoms. The van der Waals surface area contributed by atoms with Crippen molar-refractivity contribution in [2.24, 2.45) is 5.73 Å². The number of benzene rings is 1. The van der Waals surface area contributed by atoms with Crippen LogP contribution in [0.5, 0.6) is 0 Å². The van der Waals surface area contributed by atoms with Crippen LogP contribution in [0.1, 0.15) is 22.3 Å². The number of rotatable bonds is 4. The van der Waals surface area contributed by atoms with Crippen molar-refractivity contribution in [1.82, 2.24) is 0 Å². The number of hydrogen-bond acceptors (Lipinski definition) is 2. The van der Waals surface area contributed by atoms with Crippen molar-refractivity contribution in [3.8, 4) is 0 Å². The van der Waals surface area contributed by atoms with E-state index in [1.165, 1.54) is 24.3 Å². The van der Waals surface area contributed by atoms with Crippen LogP contribution < -0.4 is 5.73 Å². The Morgan fingerprint density at radius 2 is 1.72 bits per heavy atom. The topological polar surface area (TPSA) is 60.2 Å². The van der Waals surface area contributed by atoms with Crippen molar-refractivity contribution in [3.05, 3.63) is 41.5 Å². The molecule has 1 aromatic carbocycles. The lowest BCUT2D eigenvalue weighted by Crippen LogP contribution is -2.22. The number of hydrogen-bond donors (Lipinski definition) is 1. The van der Waals surface area contributed by atoms with Crippen molar-refractivity contribution in [2.45, 2.75) is 12.6 Å². The molecule has 2 N–H and O–H groups in total. The molecule has 18 heavy (non-hydrogen) atoms. The van der Waals surface area contributed by atoms with Crippen molar-refractivity contribution in [1.29, 1.82) is 0 Å². The Bertz CT molecular complexity index is 475. The zero-order valence-electron chi connectivity index (χ0n) is 9.20. The maximum atomic E-state index is 12.1. The molecule has 0 aliphatic heterocycles. The molecular weight excluding hydrogens is 247 g/mol. The van der Waals surface area contributed by atoms with E-state index in [2.05, 4.69) is 0 Å². The van der Waals surface area contributed by atoms with E-state index in [0.29, 0.717) is 5.56 Å². The minimum atomic E-state index is -4.87. The summed E-state index contributed by atoms with van der Waals surface area (Å²) in [6, 6.07) is 4.88. The molecule has 0 spiro atoms. The molecule has 0 bridgehead atoms. The molecule has 0 saturated carbocycles. The summed E-state index contributed by atoms with van der Waals surface area (Å²) in [6.07, 6.45) is -1.80. The van der Waals surface area contributed by atoms with Gasteiger partial charge in [-0.1, -0.05) is 36.4 Å².